The van der Waals surface area contributed by atoms with Crippen LogP contribution in [-0.4, -0.2) is 21.4 Å². The third-order valence-electron chi connectivity index (χ3n) is 3.89. The van der Waals surface area contributed by atoms with Crippen molar-refractivity contribution >= 4 is 0 Å². The van der Waals surface area contributed by atoms with Gasteiger partial charge in [-0.15, -0.1) is 0 Å². The Morgan fingerprint density at radius 3 is 2.40 bits per heavy atom. The number of nitrogens with one attached hydrogen (secondary N) is 1. The zero-order chi connectivity index (χ0) is 15.3. The first-order chi connectivity index (χ1) is 9.29. The fourth-order valence-electron chi connectivity index (χ4n) is 2.54. The topological polar surface area (TPSA) is 53.6 Å². The second-order valence-electron chi connectivity index (χ2n) is 6.22. The average Bonchev–Trinajstić information content (AvgIpc) is 2.61. The summed E-state index contributed by atoms with van der Waals surface area (Å²) in [6.07, 6.45) is 2.96. The molecule has 112 valence electrons. The second-order valence-corrected chi connectivity index (χ2v) is 6.22. The number of nitriles is 1. The zero-order valence-electron chi connectivity index (χ0n) is 13.7. The molecule has 0 bridgehead atoms. The van der Waals surface area contributed by atoms with E-state index in [1.165, 1.54) is 11.3 Å². The van der Waals surface area contributed by atoms with Crippen LogP contribution >= 0.6 is 0 Å². The minimum Gasteiger partial charge on any atom is -0.297 e. The van der Waals surface area contributed by atoms with E-state index in [0.717, 1.165) is 31.5 Å². The number of hydrogen-bond donors (Lipinski definition) is 1. The Hall–Kier alpha value is -1.34. The summed E-state index contributed by atoms with van der Waals surface area (Å²) in [6, 6.07) is 2.73. The highest BCUT2D eigenvalue weighted by Gasteiger charge is 2.23. The van der Waals surface area contributed by atoms with Crippen LogP contribution < -0.4 is 5.32 Å². The summed E-state index contributed by atoms with van der Waals surface area (Å²) in [5.41, 5.74) is 3.24. The van der Waals surface area contributed by atoms with Crippen LogP contribution in [0.2, 0.25) is 0 Å². The summed E-state index contributed by atoms with van der Waals surface area (Å²) < 4.78 is 2.09. The van der Waals surface area contributed by atoms with Gasteiger partial charge in [0.2, 0.25) is 0 Å². The first-order valence-corrected chi connectivity index (χ1v) is 7.48. The van der Waals surface area contributed by atoms with Crippen LogP contribution in [0.5, 0.6) is 0 Å². The molecule has 4 heteroatoms. The van der Waals surface area contributed by atoms with Crippen LogP contribution in [-0.2, 0) is 6.54 Å². The molecule has 0 radical (unpaired) electrons. The summed E-state index contributed by atoms with van der Waals surface area (Å²) in [6.45, 7) is 13.4. The summed E-state index contributed by atoms with van der Waals surface area (Å²) in [5, 5.41) is 17.2. The predicted octanol–water partition coefficient (Wildman–Crippen LogP) is 3.26. The lowest BCUT2D eigenvalue weighted by Crippen LogP contribution is -2.44. The molecule has 0 fully saturated rings. The molecule has 0 aliphatic rings. The second kappa shape index (κ2) is 6.90. The molecular weight excluding hydrogens is 248 g/mol. The fraction of sp³-hybridized carbons (Fsp3) is 0.750. The van der Waals surface area contributed by atoms with E-state index in [-0.39, 0.29) is 0 Å². The van der Waals surface area contributed by atoms with E-state index in [1.54, 1.807) is 0 Å². The third kappa shape index (κ3) is 4.35. The van der Waals surface area contributed by atoms with E-state index >= 15 is 0 Å². The van der Waals surface area contributed by atoms with Crippen LogP contribution in [0, 0.1) is 32.1 Å². The Labute approximate surface area is 123 Å². The van der Waals surface area contributed by atoms with Crippen LogP contribution in [0.4, 0.5) is 0 Å². The molecule has 0 aromatic carbocycles. The molecule has 1 aromatic rings. The standard InChI is InChI=1S/C16H28N4/c1-12(2)18-16(6,11-17)9-7-8-10-20-15(5)13(3)14(4)19-20/h12,18H,7-10H2,1-6H3. The van der Waals surface area contributed by atoms with Crippen molar-refractivity contribution < 1.29 is 0 Å². The third-order valence-corrected chi connectivity index (χ3v) is 3.89. The predicted molar refractivity (Wildman–Crippen MR) is 82.6 cm³/mol. The summed E-state index contributed by atoms with van der Waals surface area (Å²) in [4.78, 5) is 0. The van der Waals surface area contributed by atoms with Gasteiger partial charge in [0, 0.05) is 18.3 Å². The Kier molecular flexibility index (Phi) is 5.76. The number of aryl methyl sites for hydroxylation is 2. The van der Waals surface area contributed by atoms with Gasteiger partial charge in [-0.3, -0.25) is 10.00 Å². The molecular formula is C16H28N4. The van der Waals surface area contributed by atoms with Crippen molar-refractivity contribution in [2.45, 2.75) is 78.9 Å². The molecule has 0 spiro atoms. The van der Waals surface area contributed by atoms with Gasteiger partial charge in [-0.05, 0) is 66.4 Å². The Morgan fingerprint density at radius 2 is 1.95 bits per heavy atom. The molecule has 1 atom stereocenters. The normalized spacial score (nSPS) is 14.3. The van der Waals surface area contributed by atoms with Crippen molar-refractivity contribution in [3.8, 4) is 6.07 Å². The van der Waals surface area contributed by atoms with Gasteiger partial charge in [0.1, 0.15) is 5.54 Å². The quantitative estimate of drug-likeness (QED) is 0.778. The number of nitrogens with zero attached hydrogens (tertiary/aromatic N) is 3. The van der Waals surface area contributed by atoms with Gasteiger partial charge in [0.05, 0.1) is 11.8 Å². The molecule has 0 aliphatic carbocycles. The minimum atomic E-state index is -0.417. The van der Waals surface area contributed by atoms with Gasteiger partial charge in [-0.2, -0.15) is 10.4 Å². The molecule has 4 nitrogen and oxygen atoms in total. The number of aromatic nitrogens is 2. The van der Waals surface area contributed by atoms with Crippen molar-refractivity contribution in [3.63, 3.8) is 0 Å². The average molecular weight is 276 g/mol. The molecule has 0 saturated heterocycles. The molecule has 20 heavy (non-hydrogen) atoms. The molecule has 1 rings (SSSR count). The largest absolute Gasteiger partial charge is 0.297 e. The lowest BCUT2D eigenvalue weighted by Gasteiger charge is -2.25. The highest BCUT2D eigenvalue weighted by molar-refractivity contribution is 5.22. The maximum Gasteiger partial charge on any atom is 0.104 e. The Balaban J connectivity index is 2.45. The van der Waals surface area contributed by atoms with Crippen molar-refractivity contribution in [1.82, 2.24) is 15.1 Å². The maximum absolute atomic E-state index is 9.30. The molecule has 0 saturated carbocycles. The summed E-state index contributed by atoms with van der Waals surface area (Å²) in [5.74, 6) is 0. The smallest absolute Gasteiger partial charge is 0.104 e. The number of rotatable bonds is 7. The first kappa shape index (κ1) is 16.7. The first-order valence-electron chi connectivity index (χ1n) is 7.48. The van der Waals surface area contributed by atoms with Crippen molar-refractivity contribution in [2.24, 2.45) is 0 Å². The SMILES string of the molecule is Cc1nn(CCCCC(C)(C#N)NC(C)C)c(C)c1C. The summed E-state index contributed by atoms with van der Waals surface area (Å²) in [7, 11) is 0. The van der Waals surface area contributed by atoms with Crippen molar-refractivity contribution in [2.75, 3.05) is 0 Å². The molecule has 0 amide bonds. The zero-order valence-corrected chi connectivity index (χ0v) is 13.7. The highest BCUT2D eigenvalue weighted by atomic mass is 15.3. The molecule has 1 unspecified atom stereocenters. The van der Waals surface area contributed by atoms with Gasteiger partial charge in [0.25, 0.3) is 0 Å². The maximum atomic E-state index is 9.30. The van der Waals surface area contributed by atoms with E-state index in [0.29, 0.717) is 6.04 Å². The monoisotopic (exact) mass is 276 g/mol. The van der Waals surface area contributed by atoms with Crippen molar-refractivity contribution in [3.05, 3.63) is 17.0 Å². The van der Waals surface area contributed by atoms with Crippen molar-refractivity contribution in [1.29, 1.82) is 5.26 Å². The number of hydrogen-bond acceptors (Lipinski definition) is 3. The van der Waals surface area contributed by atoms with Gasteiger partial charge < -0.3 is 0 Å². The van der Waals surface area contributed by atoms with Crippen LogP contribution in [0.3, 0.4) is 0 Å². The lowest BCUT2D eigenvalue weighted by molar-refractivity contribution is 0.363. The fourth-order valence-corrected chi connectivity index (χ4v) is 2.54. The molecule has 1 heterocycles. The van der Waals surface area contributed by atoms with Gasteiger partial charge >= 0.3 is 0 Å². The Morgan fingerprint density at radius 1 is 1.30 bits per heavy atom. The highest BCUT2D eigenvalue weighted by Crippen LogP contribution is 2.16. The van der Waals surface area contributed by atoms with Gasteiger partial charge in [-0.1, -0.05) is 0 Å². The van der Waals surface area contributed by atoms with E-state index < -0.39 is 5.54 Å². The van der Waals surface area contributed by atoms with E-state index in [2.05, 4.69) is 55.8 Å². The summed E-state index contributed by atoms with van der Waals surface area (Å²) >= 11 is 0. The minimum absolute atomic E-state index is 0.332. The number of unbranched alkanes of at least 4 members (excludes halogenated alkanes) is 1. The van der Waals surface area contributed by atoms with Crippen LogP contribution in [0.1, 0.15) is 57.0 Å². The lowest BCUT2D eigenvalue weighted by atomic mass is 9.95. The van der Waals surface area contributed by atoms with Crippen LogP contribution in [0.25, 0.3) is 0 Å². The van der Waals surface area contributed by atoms with Gasteiger partial charge in [0.15, 0.2) is 0 Å². The molecule has 1 N–H and O–H groups in total. The Bertz CT molecular complexity index is 481. The van der Waals surface area contributed by atoms with Gasteiger partial charge in [-0.25, -0.2) is 0 Å². The van der Waals surface area contributed by atoms with E-state index in [9.17, 15) is 5.26 Å². The van der Waals surface area contributed by atoms with E-state index in [4.69, 9.17) is 0 Å². The molecule has 1 aromatic heterocycles. The molecule has 0 aliphatic heterocycles. The van der Waals surface area contributed by atoms with Crippen LogP contribution in [0.15, 0.2) is 0 Å². The van der Waals surface area contributed by atoms with E-state index in [1.807, 2.05) is 6.92 Å².